The van der Waals surface area contributed by atoms with Crippen LogP contribution in [-0.2, 0) is 5.41 Å². The molecule has 2 aromatic rings. The zero-order chi connectivity index (χ0) is 14.2. The van der Waals surface area contributed by atoms with Crippen molar-refractivity contribution >= 4 is 29.1 Å². The topological polar surface area (TPSA) is 52.0 Å². The number of benzene rings is 1. The van der Waals surface area contributed by atoms with Gasteiger partial charge in [0.1, 0.15) is 0 Å². The summed E-state index contributed by atoms with van der Waals surface area (Å²) in [4.78, 5) is 0. The minimum Gasteiger partial charge on any atom is -0.367 e. The zero-order valence-corrected chi connectivity index (χ0v) is 12.6. The van der Waals surface area contributed by atoms with Gasteiger partial charge in [-0.15, -0.1) is 0 Å². The van der Waals surface area contributed by atoms with E-state index in [-0.39, 0.29) is 5.41 Å². The van der Waals surface area contributed by atoms with E-state index in [1.54, 1.807) is 12.1 Å². The molecule has 0 amide bonds. The van der Waals surface area contributed by atoms with Crippen LogP contribution in [0.2, 0.25) is 10.0 Å². The van der Waals surface area contributed by atoms with Gasteiger partial charge in [-0.2, -0.15) is 0 Å². The van der Waals surface area contributed by atoms with Crippen molar-refractivity contribution in [1.29, 1.82) is 0 Å². The van der Waals surface area contributed by atoms with Crippen molar-refractivity contribution in [3.8, 4) is 11.1 Å². The highest BCUT2D eigenvalue weighted by Crippen LogP contribution is 2.39. The highest BCUT2D eigenvalue weighted by Gasteiger charge is 2.28. The van der Waals surface area contributed by atoms with Crippen LogP contribution in [0.5, 0.6) is 0 Å². The van der Waals surface area contributed by atoms with Crippen molar-refractivity contribution in [2.24, 2.45) is 0 Å². The molecule has 1 heterocycles. The van der Waals surface area contributed by atoms with Gasteiger partial charge in [-0.05, 0) is 24.1 Å². The van der Waals surface area contributed by atoms with Crippen molar-refractivity contribution < 1.29 is 4.52 Å². The molecule has 0 radical (unpaired) electrons. The van der Waals surface area contributed by atoms with Crippen LogP contribution in [0, 0.1) is 0 Å². The molecule has 0 bridgehead atoms. The number of aromatic nitrogens is 1. The Labute approximate surface area is 122 Å². The summed E-state index contributed by atoms with van der Waals surface area (Å²) in [5, 5.41) is 5.11. The monoisotopic (exact) mass is 298 g/mol. The Bertz CT molecular complexity index is 605. The zero-order valence-electron chi connectivity index (χ0n) is 11.1. The first-order valence-electron chi connectivity index (χ1n) is 6.08. The predicted octanol–water partition coefficient (Wildman–Crippen LogP) is 4.92. The maximum atomic E-state index is 6.06. The molecule has 102 valence electrons. The second kappa shape index (κ2) is 5.06. The molecular weight excluding hydrogens is 283 g/mol. The summed E-state index contributed by atoms with van der Waals surface area (Å²) in [5.41, 5.74) is 8.29. The van der Waals surface area contributed by atoms with Gasteiger partial charge in [-0.1, -0.05) is 55.2 Å². The predicted molar refractivity (Wildman–Crippen MR) is 79.7 cm³/mol. The molecule has 0 saturated carbocycles. The van der Waals surface area contributed by atoms with Crippen molar-refractivity contribution in [3.63, 3.8) is 0 Å². The Balaban J connectivity index is 2.62. The van der Waals surface area contributed by atoms with E-state index in [0.717, 1.165) is 23.2 Å². The molecule has 0 saturated heterocycles. The van der Waals surface area contributed by atoms with Gasteiger partial charge in [0, 0.05) is 5.41 Å². The van der Waals surface area contributed by atoms with E-state index in [4.69, 9.17) is 33.5 Å². The van der Waals surface area contributed by atoms with Crippen LogP contribution in [0.25, 0.3) is 11.1 Å². The molecule has 5 heteroatoms. The lowest BCUT2D eigenvalue weighted by Gasteiger charge is -2.21. The maximum Gasteiger partial charge on any atom is 0.230 e. The van der Waals surface area contributed by atoms with Gasteiger partial charge < -0.3 is 10.3 Å². The van der Waals surface area contributed by atoms with Gasteiger partial charge in [-0.25, -0.2) is 0 Å². The summed E-state index contributed by atoms with van der Waals surface area (Å²) >= 11 is 12.0. The average molecular weight is 299 g/mol. The van der Waals surface area contributed by atoms with Crippen LogP contribution < -0.4 is 5.73 Å². The fourth-order valence-electron chi connectivity index (χ4n) is 1.86. The third-order valence-corrected chi connectivity index (χ3v) is 4.19. The van der Waals surface area contributed by atoms with Gasteiger partial charge in [0.15, 0.2) is 0 Å². The maximum absolute atomic E-state index is 6.06. The third kappa shape index (κ3) is 2.58. The van der Waals surface area contributed by atoms with Crippen LogP contribution in [0.15, 0.2) is 22.7 Å². The number of anilines is 1. The molecule has 0 fully saturated rings. The summed E-state index contributed by atoms with van der Waals surface area (Å²) in [6.07, 6.45) is 0.924. The van der Waals surface area contributed by atoms with E-state index in [1.165, 1.54) is 0 Å². The number of halogens is 2. The first-order chi connectivity index (χ1) is 8.86. The molecule has 0 aliphatic heterocycles. The number of nitrogen functional groups attached to an aromatic ring is 1. The second-order valence-corrected chi connectivity index (χ2v) is 5.95. The molecule has 0 spiro atoms. The number of hydrogen-bond acceptors (Lipinski definition) is 3. The number of hydrogen-bond donors (Lipinski definition) is 1. The molecule has 1 aromatic carbocycles. The minimum atomic E-state index is -0.122. The molecular formula is C14H16Cl2N2O. The fourth-order valence-corrected chi connectivity index (χ4v) is 2.16. The third-order valence-electron chi connectivity index (χ3n) is 3.45. The van der Waals surface area contributed by atoms with E-state index >= 15 is 0 Å². The molecule has 0 atom stereocenters. The van der Waals surface area contributed by atoms with Crippen molar-refractivity contribution in [2.45, 2.75) is 32.6 Å². The standard InChI is InChI=1S/C14H16Cl2N2O/c1-4-14(2,3)12-11(13(17)19-18-12)8-5-6-9(15)10(16)7-8/h5-7H,4,17H2,1-3H3. The molecule has 0 unspecified atom stereocenters. The second-order valence-electron chi connectivity index (χ2n) is 5.14. The van der Waals surface area contributed by atoms with Crippen molar-refractivity contribution in [2.75, 3.05) is 5.73 Å². The van der Waals surface area contributed by atoms with Gasteiger partial charge in [0.2, 0.25) is 5.88 Å². The molecule has 3 nitrogen and oxygen atoms in total. The van der Waals surface area contributed by atoms with Crippen molar-refractivity contribution in [1.82, 2.24) is 5.16 Å². The largest absolute Gasteiger partial charge is 0.367 e. The summed E-state index contributed by atoms with van der Waals surface area (Å²) in [7, 11) is 0. The van der Waals surface area contributed by atoms with E-state index in [9.17, 15) is 0 Å². The normalized spacial score (nSPS) is 11.8. The smallest absolute Gasteiger partial charge is 0.230 e. The molecule has 0 aliphatic rings. The first-order valence-corrected chi connectivity index (χ1v) is 6.83. The summed E-state index contributed by atoms with van der Waals surface area (Å²) in [6.45, 7) is 6.31. The van der Waals surface area contributed by atoms with Crippen LogP contribution >= 0.6 is 23.2 Å². The Morgan fingerprint density at radius 2 is 1.95 bits per heavy atom. The fraction of sp³-hybridized carbons (Fsp3) is 0.357. The van der Waals surface area contributed by atoms with E-state index < -0.39 is 0 Å². The van der Waals surface area contributed by atoms with Crippen LogP contribution in [-0.4, -0.2) is 5.16 Å². The Kier molecular flexibility index (Phi) is 3.79. The molecule has 2 N–H and O–H groups in total. The van der Waals surface area contributed by atoms with Gasteiger partial charge >= 0.3 is 0 Å². The summed E-state index contributed by atoms with van der Waals surface area (Å²) < 4.78 is 5.16. The van der Waals surface area contributed by atoms with Gasteiger partial charge in [0.05, 0.1) is 21.3 Å². The SMILES string of the molecule is CCC(C)(C)c1noc(N)c1-c1ccc(Cl)c(Cl)c1. The van der Waals surface area contributed by atoms with Crippen LogP contribution in [0.1, 0.15) is 32.9 Å². The molecule has 1 aromatic heterocycles. The minimum absolute atomic E-state index is 0.122. The summed E-state index contributed by atoms with van der Waals surface area (Å²) in [6, 6.07) is 5.39. The van der Waals surface area contributed by atoms with Crippen LogP contribution in [0.3, 0.4) is 0 Å². The lowest BCUT2D eigenvalue weighted by Crippen LogP contribution is -2.17. The quantitative estimate of drug-likeness (QED) is 0.875. The lowest BCUT2D eigenvalue weighted by atomic mass is 9.83. The Morgan fingerprint density at radius 3 is 2.53 bits per heavy atom. The average Bonchev–Trinajstić information content (AvgIpc) is 2.75. The highest BCUT2D eigenvalue weighted by molar-refractivity contribution is 6.42. The number of nitrogens with two attached hydrogens (primary N) is 1. The Morgan fingerprint density at radius 1 is 1.26 bits per heavy atom. The van der Waals surface area contributed by atoms with Gasteiger partial charge in [-0.3, -0.25) is 0 Å². The molecule has 0 aliphatic carbocycles. The summed E-state index contributed by atoms with van der Waals surface area (Å²) in [5.74, 6) is 0.301. The van der Waals surface area contributed by atoms with E-state index in [2.05, 4.69) is 25.9 Å². The Hall–Kier alpha value is -1.19. The van der Waals surface area contributed by atoms with Gasteiger partial charge in [0.25, 0.3) is 0 Å². The first kappa shape index (κ1) is 14.2. The van der Waals surface area contributed by atoms with Crippen molar-refractivity contribution in [3.05, 3.63) is 33.9 Å². The van der Waals surface area contributed by atoms with E-state index in [1.807, 2.05) is 6.07 Å². The van der Waals surface area contributed by atoms with Crippen LogP contribution in [0.4, 0.5) is 5.88 Å². The molecule has 19 heavy (non-hydrogen) atoms. The molecule has 2 rings (SSSR count). The number of nitrogens with zero attached hydrogens (tertiary/aromatic N) is 1. The lowest BCUT2D eigenvalue weighted by molar-refractivity contribution is 0.391. The highest BCUT2D eigenvalue weighted by atomic mass is 35.5. The number of rotatable bonds is 3. The van der Waals surface area contributed by atoms with E-state index in [0.29, 0.717) is 15.9 Å².